The summed E-state index contributed by atoms with van der Waals surface area (Å²) in [7, 11) is 0. The van der Waals surface area contributed by atoms with E-state index in [4.69, 9.17) is 34.6 Å². The van der Waals surface area contributed by atoms with E-state index in [1.54, 1.807) is 0 Å². The molecule has 4 N–H and O–H groups in total. The molecule has 122 valence electrons. The molecule has 0 rings (SSSR count). The number of hydrogen-bond donors (Lipinski definition) is 4. The van der Waals surface area contributed by atoms with Gasteiger partial charge in [-0.2, -0.15) is 0 Å². The van der Waals surface area contributed by atoms with E-state index in [1.165, 1.54) is 0 Å². The van der Waals surface area contributed by atoms with E-state index >= 15 is 0 Å². The monoisotopic (exact) mass is 296 g/mol. The largest absolute Gasteiger partial charge is 0.394 e. The summed E-state index contributed by atoms with van der Waals surface area (Å²) in [5.74, 6) is 0. The SMILES string of the molecule is CCCCOCC(CO)OCC(CO)OCC(O)CO. The molecule has 3 atom stereocenters. The zero-order chi connectivity index (χ0) is 15.2. The number of rotatable bonds is 14. The topological polar surface area (TPSA) is 109 Å². The summed E-state index contributed by atoms with van der Waals surface area (Å²) in [6.07, 6.45) is -0.0547. The van der Waals surface area contributed by atoms with Gasteiger partial charge in [-0.25, -0.2) is 0 Å². The van der Waals surface area contributed by atoms with Crippen molar-refractivity contribution in [3.8, 4) is 0 Å². The van der Waals surface area contributed by atoms with E-state index in [-0.39, 0.29) is 33.0 Å². The molecule has 0 fully saturated rings. The number of aliphatic hydroxyl groups excluding tert-OH is 4. The highest BCUT2D eigenvalue weighted by Gasteiger charge is 2.15. The van der Waals surface area contributed by atoms with Gasteiger partial charge in [-0.1, -0.05) is 13.3 Å². The Morgan fingerprint density at radius 1 is 0.850 bits per heavy atom. The van der Waals surface area contributed by atoms with E-state index in [1.807, 2.05) is 0 Å². The number of aliphatic hydroxyl groups is 4. The molecule has 0 saturated heterocycles. The van der Waals surface area contributed by atoms with Crippen LogP contribution in [0.1, 0.15) is 19.8 Å². The van der Waals surface area contributed by atoms with Gasteiger partial charge in [0.25, 0.3) is 0 Å². The van der Waals surface area contributed by atoms with Crippen molar-refractivity contribution in [1.82, 2.24) is 0 Å². The third-order valence-electron chi connectivity index (χ3n) is 2.61. The van der Waals surface area contributed by atoms with E-state index in [9.17, 15) is 0 Å². The average molecular weight is 296 g/mol. The van der Waals surface area contributed by atoms with Crippen LogP contribution in [0.3, 0.4) is 0 Å². The Morgan fingerprint density at radius 3 is 2.00 bits per heavy atom. The Kier molecular flexibility index (Phi) is 13.5. The fourth-order valence-corrected chi connectivity index (χ4v) is 1.31. The van der Waals surface area contributed by atoms with Gasteiger partial charge in [0.15, 0.2) is 0 Å². The smallest absolute Gasteiger partial charge is 0.104 e. The lowest BCUT2D eigenvalue weighted by Crippen LogP contribution is -2.33. The average Bonchev–Trinajstić information content (AvgIpc) is 2.48. The molecule has 0 bridgehead atoms. The Hall–Kier alpha value is -0.280. The lowest BCUT2D eigenvalue weighted by Gasteiger charge is -2.21. The van der Waals surface area contributed by atoms with Crippen molar-refractivity contribution in [3.63, 3.8) is 0 Å². The zero-order valence-electron chi connectivity index (χ0n) is 12.1. The minimum Gasteiger partial charge on any atom is -0.394 e. The van der Waals surface area contributed by atoms with Gasteiger partial charge in [0, 0.05) is 6.61 Å². The molecule has 0 aliphatic carbocycles. The van der Waals surface area contributed by atoms with E-state index < -0.39 is 24.9 Å². The van der Waals surface area contributed by atoms with E-state index in [0.29, 0.717) is 6.61 Å². The Balaban J connectivity index is 3.81. The maximum absolute atomic E-state index is 9.14. The van der Waals surface area contributed by atoms with Gasteiger partial charge in [0.05, 0.1) is 39.6 Å². The first-order chi connectivity index (χ1) is 9.67. The molecule has 0 aromatic heterocycles. The van der Waals surface area contributed by atoms with Crippen molar-refractivity contribution in [2.24, 2.45) is 0 Å². The Bertz CT molecular complexity index is 203. The highest BCUT2D eigenvalue weighted by Crippen LogP contribution is 2.00. The second-order valence-corrected chi connectivity index (χ2v) is 4.54. The number of unbranched alkanes of at least 4 members (excludes halogenated alkanes) is 1. The molecule has 0 spiro atoms. The molecular weight excluding hydrogens is 268 g/mol. The summed E-state index contributed by atoms with van der Waals surface area (Å²) in [5, 5.41) is 36.0. The Labute approximate surface area is 120 Å². The van der Waals surface area contributed by atoms with Crippen molar-refractivity contribution in [2.45, 2.75) is 38.1 Å². The summed E-state index contributed by atoms with van der Waals surface area (Å²) in [5.41, 5.74) is 0. The standard InChI is InChI=1S/C13H28O7/c1-2-3-4-18-9-12(6-15)20-10-13(7-16)19-8-11(17)5-14/h11-17H,2-10H2,1H3. The van der Waals surface area contributed by atoms with Crippen molar-refractivity contribution >= 4 is 0 Å². The van der Waals surface area contributed by atoms with Gasteiger partial charge < -0.3 is 34.6 Å². The van der Waals surface area contributed by atoms with Gasteiger partial charge in [0.2, 0.25) is 0 Å². The third-order valence-corrected chi connectivity index (χ3v) is 2.61. The fourth-order valence-electron chi connectivity index (χ4n) is 1.31. The van der Waals surface area contributed by atoms with E-state index in [2.05, 4.69) is 6.92 Å². The quantitative estimate of drug-likeness (QED) is 0.302. The highest BCUT2D eigenvalue weighted by atomic mass is 16.6. The molecule has 20 heavy (non-hydrogen) atoms. The molecule has 0 aromatic carbocycles. The third kappa shape index (κ3) is 10.5. The lowest BCUT2D eigenvalue weighted by molar-refractivity contribution is -0.109. The molecule has 3 unspecified atom stereocenters. The molecule has 0 aliphatic rings. The molecule has 0 radical (unpaired) electrons. The van der Waals surface area contributed by atoms with Crippen LogP contribution in [-0.4, -0.2) is 85.0 Å². The molecule has 0 heterocycles. The zero-order valence-corrected chi connectivity index (χ0v) is 12.1. The van der Waals surface area contributed by atoms with Gasteiger partial charge in [0.1, 0.15) is 18.3 Å². The van der Waals surface area contributed by atoms with Crippen molar-refractivity contribution < 1.29 is 34.6 Å². The highest BCUT2D eigenvalue weighted by molar-refractivity contribution is 4.61. The molecule has 0 amide bonds. The maximum Gasteiger partial charge on any atom is 0.104 e. The van der Waals surface area contributed by atoms with Crippen LogP contribution in [-0.2, 0) is 14.2 Å². The van der Waals surface area contributed by atoms with Crippen LogP contribution in [0.5, 0.6) is 0 Å². The molecule has 0 aromatic rings. The van der Waals surface area contributed by atoms with Gasteiger partial charge in [-0.05, 0) is 6.42 Å². The maximum atomic E-state index is 9.14. The normalized spacial score (nSPS) is 16.1. The van der Waals surface area contributed by atoms with Crippen LogP contribution < -0.4 is 0 Å². The molecule has 7 heteroatoms. The molecule has 0 aliphatic heterocycles. The number of hydrogen-bond acceptors (Lipinski definition) is 7. The van der Waals surface area contributed by atoms with Crippen LogP contribution in [0, 0.1) is 0 Å². The summed E-state index contributed by atoms with van der Waals surface area (Å²) >= 11 is 0. The summed E-state index contributed by atoms with van der Waals surface area (Å²) in [6.45, 7) is 2.12. The van der Waals surface area contributed by atoms with Crippen molar-refractivity contribution in [2.75, 3.05) is 46.2 Å². The van der Waals surface area contributed by atoms with Crippen molar-refractivity contribution in [1.29, 1.82) is 0 Å². The Morgan fingerprint density at radius 2 is 1.45 bits per heavy atom. The first-order valence-corrected chi connectivity index (χ1v) is 6.99. The van der Waals surface area contributed by atoms with Gasteiger partial charge in [-0.15, -0.1) is 0 Å². The first-order valence-electron chi connectivity index (χ1n) is 6.99. The predicted octanol–water partition coefficient (Wildman–Crippen LogP) is -1.09. The molecule has 0 saturated carbocycles. The summed E-state index contributed by atoms with van der Waals surface area (Å²) < 4.78 is 15.9. The van der Waals surface area contributed by atoms with Crippen LogP contribution in [0.2, 0.25) is 0 Å². The fraction of sp³-hybridized carbons (Fsp3) is 1.00. The molecular formula is C13H28O7. The number of ether oxygens (including phenoxy) is 3. The molecule has 7 nitrogen and oxygen atoms in total. The summed E-state index contributed by atoms with van der Waals surface area (Å²) in [4.78, 5) is 0. The van der Waals surface area contributed by atoms with Gasteiger partial charge in [-0.3, -0.25) is 0 Å². The van der Waals surface area contributed by atoms with Crippen LogP contribution in [0.25, 0.3) is 0 Å². The second-order valence-electron chi connectivity index (χ2n) is 4.54. The first kappa shape index (κ1) is 19.7. The van der Waals surface area contributed by atoms with Crippen LogP contribution in [0.15, 0.2) is 0 Å². The van der Waals surface area contributed by atoms with Crippen LogP contribution in [0.4, 0.5) is 0 Å². The van der Waals surface area contributed by atoms with E-state index in [0.717, 1.165) is 12.8 Å². The lowest BCUT2D eigenvalue weighted by atomic mass is 10.3. The summed E-state index contributed by atoms with van der Waals surface area (Å²) in [6, 6.07) is 0. The minimum absolute atomic E-state index is 0.0804. The van der Waals surface area contributed by atoms with Gasteiger partial charge >= 0.3 is 0 Å². The van der Waals surface area contributed by atoms with Crippen molar-refractivity contribution in [3.05, 3.63) is 0 Å². The second kappa shape index (κ2) is 13.7. The van der Waals surface area contributed by atoms with Crippen LogP contribution >= 0.6 is 0 Å². The predicted molar refractivity (Wildman–Crippen MR) is 72.5 cm³/mol. The minimum atomic E-state index is -0.977.